The third kappa shape index (κ3) is 1.38. The molecule has 3 fully saturated rings. The molecule has 4 heteroatoms. The van der Waals surface area contributed by atoms with Gasteiger partial charge in [0.1, 0.15) is 12.2 Å². The van der Waals surface area contributed by atoms with Crippen molar-refractivity contribution in [2.75, 3.05) is 0 Å². The Morgan fingerprint density at radius 3 is 3.00 bits per heavy atom. The Labute approximate surface area is 107 Å². The first-order valence-corrected chi connectivity index (χ1v) is 6.89. The first-order valence-electron chi connectivity index (χ1n) is 6.89. The average molecular weight is 252 g/mol. The van der Waals surface area contributed by atoms with Gasteiger partial charge in [0.2, 0.25) is 0 Å². The van der Waals surface area contributed by atoms with Crippen molar-refractivity contribution in [2.24, 2.45) is 23.2 Å². The number of hydrogen-bond donors (Lipinski definition) is 0. The minimum Gasteiger partial charge on any atom is -0.458 e. The van der Waals surface area contributed by atoms with Crippen LogP contribution < -0.4 is 0 Å². The average Bonchev–Trinajstić information content (AvgIpc) is 2.89. The summed E-state index contributed by atoms with van der Waals surface area (Å²) in [6, 6.07) is 0. The van der Waals surface area contributed by atoms with Crippen molar-refractivity contribution in [1.29, 1.82) is 0 Å². The second kappa shape index (κ2) is 3.72. The van der Waals surface area contributed by atoms with Crippen molar-refractivity contribution >= 4 is 11.9 Å². The summed E-state index contributed by atoms with van der Waals surface area (Å²) in [6.45, 7) is 5.84. The van der Waals surface area contributed by atoms with E-state index in [2.05, 4.69) is 0 Å². The molecule has 0 amide bonds. The van der Waals surface area contributed by atoms with E-state index in [1.54, 1.807) is 0 Å². The first kappa shape index (κ1) is 12.0. The van der Waals surface area contributed by atoms with E-state index in [4.69, 9.17) is 9.47 Å². The Balaban J connectivity index is 1.75. The summed E-state index contributed by atoms with van der Waals surface area (Å²) in [5.41, 5.74) is -0.311. The van der Waals surface area contributed by atoms with Crippen molar-refractivity contribution in [3.8, 4) is 0 Å². The molecule has 0 aromatic heterocycles. The Morgan fingerprint density at radius 1 is 1.61 bits per heavy atom. The molecule has 0 N–H and O–H groups in total. The normalized spacial score (nSPS) is 46.1. The van der Waals surface area contributed by atoms with Gasteiger partial charge in [0.05, 0.1) is 11.3 Å². The molecule has 2 aliphatic carbocycles. The molecular formula is C14H20O4. The standard InChI is InChI=1S/C14H20O4/c1-4-7(2)12(15)17-10-8-5-9-11(10)18-13(16)14(9,3)6-8/h7-11H,4-6H2,1-3H3. The van der Waals surface area contributed by atoms with E-state index in [0.717, 1.165) is 19.3 Å². The minimum atomic E-state index is -0.311. The van der Waals surface area contributed by atoms with Crippen LogP contribution in [0, 0.1) is 23.2 Å². The Hall–Kier alpha value is -1.06. The Morgan fingerprint density at radius 2 is 2.33 bits per heavy atom. The van der Waals surface area contributed by atoms with E-state index < -0.39 is 0 Å². The lowest BCUT2D eigenvalue weighted by Gasteiger charge is -2.29. The largest absolute Gasteiger partial charge is 0.458 e. The van der Waals surface area contributed by atoms with Gasteiger partial charge < -0.3 is 9.47 Å². The van der Waals surface area contributed by atoms with Gasteiger partial charge >= 0.3 is 11.9 Å². The second-order valence-electron chi connectivity index (χ2n) is 6.30. The van der Waals surface area contributed by atoms with Crippen molar-refractivity contribution in [3.63, 3.8) is 0 Å². The third-order valence-electron chi connectivity index (χ3n) is 5.22. The molecule has 6 atom stereocenters. The molecule has 6 unspecified atom stereocenters. The quantitative estimate of drug-likeness (QED) is 0.720. The van der Waals surface area contributed by atoms with Crippen molar-refractivity contribution in [1.82, 2.24) is 0 Å². The second-order valence-corrected chi connectivity index (χ2v) is 6.30. The Bertz CT molecular complexity index is 405. The van der Waals surface area contributed by atoms with Crippen LogP contribution in [0.5, 0.6) is 0 Å². The zero-order chi connectivity index (χ0) is 13.1. The smallest absolute Gasteiger partial charge is 0.312 e. The van der Waals surface area contributed by atoms with Crippen molar-refractivity contribution < 1.29 is 19.1 Å². The monoisotopic (exact) mass is 252 g/mol. The van der Waals surface area contributed by atoms with Gasteiger partial charge in [0, 0.05) is 11.8 Å². The highest BCUT2D eigenvalue weighted by atomic mass is 16.6. The van der Waals surface area contributed by atoms with Crippen LogP contribution in [0.25, 0.3) is 0 Å². The highest BCUT2D eigenvalue weighted by Gasteiger charge is 2.69. The van der Waals surface area contributed by atoms with Crippen LogP contribution in [-0.2, 0) is 19.1 Å². The minimum absolute atomic E-state index is 0.0763. The summed E-state index contributed by atoms with van der Waals surface area (Å²) >= 11 is 0. The van der Waals surface area contributed by atoms with Crippen molar-refractivity contribution in [3.05, 3.63) is 0 Å². The lowest BCUT2D eigenvalue weighted by molar-refractivity contribution is -0.165. The fourth-order valence-corrected chi connectivity index (χ4v) is 3.83. The predicted octanol–water partition coefficient (Wildman–Crippen LogP) is 1.92. The van der Waals surface area contributed by atoms with Gasteiger partial charge in [-0.15, -0.1) is 0 Å². The lowest BCUT2D eigenvalue weighted by Crippen LogP contribution is -2.39. The number of esters is 2. The molecule has 2 bridgehead atoms. The molecule has 1 heterocycles. The Kier molecular flexibility index (Phi) is 2.48. The molecule has 1 aliphatic heterocycles. The summed E-state index contributed by atoms with van der Waals surface area (Å²) in [6.07, 6.45) is 2.17. The van der Waals surface area contributed by atoms with Gasteiger partial charge in [-0.05, 0) is 26.2 Å². The van der Waals surface area contributed by atoms with E-state index in [1.807, 2.05) is 20.8 Å². The maximum atomic E-state index is 11.9. The van der Waals surface area contributed by atoms with Crippen LogP contribution in [-0.4, -0.2) is 24.1 Å². The fourth-order valence-electron chi connectivity index (χ4n) is 3.83. The molecule has 1 saturated heterocycles. The third-order valence-corrected chi connectivity index (χ3v) is 5.22. The number of carbonyl (C=O) groups excluding carboxylic acids is 2. The van der Waals surface area contributed by atoms with Crippen LogP contribution in [0.1, 0.15) is 40.0 Å². The molecule has 18 heavy (non-hydrogen) atoms. The summed E-state index contributed by atoms with van der Waals surface area (Å²) in [5, 5.41) is 0. The maximum absolute atomic E-state index is 11.9. The van der Waals surface area contributed by atoms with Gasteiger partial charge in [-0.1, -0.05) is 13.8 Å². The zero-order valence-electron chi connectivity index (χ0n) is 11.1. The van der Waals surface area contributed by atoms with E-state index in [-0.39, 0.29) is 41.4 Å². The number of fused-ring (bicyclic) bond motifs is 1. The summed E-state index contributed by atoms with van der Waals surface area (Å²) < 4.78 is 11.1. The van der Waals surface area contributed by atoms with Gasteiger partial charge in [-0.3, -0.25) is 9.59 Å². The number of carbonyl (C=O) groups is 2. The number of ether oxygens (including phenoxy) is 2. The SMILES string of the molecule is CCC(C)C(=O)OC1C2CC3C1OC(=O)C3(C)C2. The summed E-state index contributed by atoms with van der Waals surface area (Å²) in [7, 11) is 0. The van der Waals surface area contributed by atoms with Gasteiger partial charge in [0.15, 0.2) is 0 Å². The lowest BCUT2D eigenvalue weighted by atomic mass is 9.75. The number of rotatable bonds is 3. The molecule has 4 nitrogen and oxygen atoms in total. The molecular weight excluding hydrogens is 232 g/mol. The van der Waals surface area contributed by atoms with Gasteiger partial charge in [-0.2, -0.15) is 0 Å². The van der Waals surface area contributed by atoms with Gasteiger partial charge in [0.25, 0.3) is 0 Å². The predicted molar refractivity (Wildman–Crippen MR) is 63.5 cm³/mol. The molecule has 3 rings (SSSR count). The molecule has 100 valence electrons. The first-order chi connectivity index (χ1) is 8.47. The van der Waals surface area contributed by atoms with Crippen LogP contribution in [0.3, 0.4) is 0 Å². The topological polar surface area (TPSA) is 52.6 Å². The summed E-state index contributed by atoms with van der Waals surface area (Å²) in [5.74, 6) is 0.239. The van der Waals surface area contributed by atoms with E-state index in [1.165, 1.54) is 0 Å². The molecule has 2 saturated carbocycles. The fraction of sp³-hybridized carbons (Fsp3) is 0.857. The molecule has 0 aromatic carbocycles. The number of hydrogen-bond acceptors (Lipinski definition) is 4. The molecule has 0 radical (unpaired) electrons. The molecule has 0 aromatic rings. The van der Waals surface area contributed by atoms with Gasteiger partial charge in [-0.25, -0.2) is 0 Å². The van der Waals surface area contributed by atoms with E-state index in [0.29, 0.717) is 5.92 Å². The van der Waals surface area contributed by atoms with E-state index >= 15 is 0 Å². The van der Waals surface area contributed by atoms with Crippen LogP contribution >= 0.6 is 0 Å². The van der Waals surface area contributed by atoms with Crippen LogP contribution in [0.15, 0.2) is 0 Å². The summed E-state index contributed by atoms with van der Waals surface area (Å²) in [4.78, 5) is 23.8. The molecule has 0 spiro atoms. The van der Waals surface area contributed by atoms with Crippen LogP contribution in [0.2, 0.25) is 0 Å². The maximum Gasteiger partial charge on any atom is 0.312 e. The molecule has 3 aliphatic rings. The van der Waals surface area contributed by atoms with E-state index in [9.17, 15) is 9.59 Å². The zero-order valence-corrected chi connectivity index (χ0v) is 11.1. The van der Waals surface area contributed by atoms with Crippen molar-refractivity contribution in [2.45, 2.75) is 52.2 Å². The van der Waals surface area contributed by atoms with Crippen LogP contribution in [0.4, 0.5) is 0 Å². The highest BCUT2D eigenvalue weighted by molar-refractivity contribution is 5.81. The highest BCUT2D eigenvalue weighted by Crippen LogP contribution is 2.62.